The molecule has 0 radical (unpaired) electrons. The highest BCUT2D eigenvalue weighted by atomic mass is 35.5. The van der Waals surface area contributed by atoms with Crippen LogP contribution in [0, 0.1) is 11.3 Å². The number of benzene rings is 1. The zero-order valence-corrected chi connectivity index (χ0v) is 8.53. The van der Waals surface area contributed by atoms with Crippen LogP contribution in [-0.2, 0) is 4.79 Å². The maximum Gasteiger partial charge on any atom is 0.305 e. The maximum atomic E-state index is 10.4. The van der Waals surface area contributed by atoms with Crippen LogP contribution in [0.2, 0.25) is 5.02 Å². The monoisotopic (exact) mass is 224 g/mol. The van der Waals surface area contributed by atoms with Gasteiger partial charge in [-0.1, -0.05) is 17.7 Å². The van der Waals surface area contributed by atoms with E-state index in [1.165, 1.54) is 12.1 Å². The summed E-state index contributed by atoms with van der Waals surface area (Å²) in [5, 5.41) is 17.6. The van der Waals surface area contributed by atoms with E-state index < -0.39 is 12.0 Å². The lowest BCUT2D eigenvalue weighted by Gasteiger charge is -2.09. The van der Waals surface area contributed by atoms with E-state index in [0.29, 0.717) is 16.1 Å². The highest BCUT2D eigenvalue weighted by Crippen LogP contribution is 2.21. The number of carboxylic acids is 1. The van der Waals surface area contributed by atoms with Gasteiger partial charge < -0.3 is 10.8 Å². The van der Waals surface area contributed by atoms with Gasteiger partial charge in [-0.25, -0.2) is 0 Å². The summed E-state index contributed by atoms with van der Waals surface area (Å²) in [5.41, 5.74) is 6.53. The molecule has 1 rings (SSSR count). The minimum Gasteiger partial charge on any atom is -0.481 e. The van der Waals surface area contributed by atoms with Crippen molar-refractivity contribution < 1.29 is 9.90 Å². The highest BCUT2D eigenvalue weighted by Gasteiger charge is 2.12. The number of hydrogen-bond acceptors (Lipinski definition) is 3. The predicted octanol–water partition coefficient (Wildman–Crippen LogP) is 1.69. The van der Waals surface area contributed by atoms with Gasteiger partial charge in [0.15, 0.2) is 0 Å². The Bertz CT molecular complexity index is 426. The van der Waals surface area contributed by atoms with Gasteiger partial charge in [-0.3, -0.25) is 4.79 Å². The van der Waals surface area contributed by atoms with Gasteiger partial charge in [0.1, 0.15) is 6.07 Å². The summed E-state index contributed by atoms with van der Waals surface area (Å²) >= 11 is 5.73. The SMILES string of the molecule is N#Cc1cc([C@H](N)CC(=O)O)ccc1Cl. The lowest BCUT2D eigenvalue weighted by molar-refractivity contribution is -0.137. The van der Waals surface area contributed by atoms with Gasteiger partial charge in [-0.05, 0) is 17.7 Å². The molecule has 0 amide bonds. The van der Waals surface area contributed by atoms with E-state index in [0.717, 1.165) is 0 Å². The van der Waals surface area contributed by atoms with Crippen molar-refractivity contribution in [2.45, 2.75) is 12.5 Å². The molecule has 0 heterocycles. The molecule has 3 N–H and O–H groups in total. The zero-order chi connectivity index (χ0) is 11.4. The summed E-state index contributed by atoms with van der Waals surface area (Å²) in [4.78, 5) is 10.4. The van der Waals surface area contributed by atoms with Gasteiger partial charge in [0.2, 0.25) is 0 Å². The van der Waals surface area contributed by atoms with Gasteiger partial charge in [-0.2, -0.15) is 5.26 Å². The number of rotatable bonds is 3. The van der Waals surface area contributed by atoms with Crippen molar-refractivity contribution in [3.05, 3.63) is 34.3 Å². The number of aliphatic carboxylic acids is 1. The molecule has 0 aliphatic carbocycles. The molecule has 1 aromatic carbocycles. The van der Waals surface area contributed by atoms with Gasteiger partial charge >= 0.3 is 5.97 Å². The number of nitrogens with two attached hydrogens (primary N) is 1. The van der Waals surface area contributed by atoms with Crippen LogP contribution in [0.1, 0.15) is 23.6 Å². The van der Waals surface area contributed by atoms with Crippen LogP contribution in [0.4, 0.5) is 0 Å². The molecule has 0 unspecified atom stereocenters. The molecule has 0 aliphatic heterocycles. The Morgan fingerprint density at radius 2 is 2.33 bits per heavy atom. The minimum absolute atomic E-state index is 0.174. The summed E-state index contributed by atoms with van der Waals surface area (Å²) < 4.78 is 0. The Hall–Kier alpha value is -1.57. The first-order valence-electron chi connectivity index (χ1n) is 4.21. The number of carbonyl (C=O) groups is 1. The average molecular weight is 225 g/mol. The van der Waals surface area contributed by atoms with Crippen molar-refractivity contribution in [3.63, 3.8) is 0 Å². The molecule has 4 nitrogen and oxygen atoms in total. The van der Waals surface area contributed by atoms with Crippen molar-refractivity contribution in [1.82, 2.24) is 0 Å². The van der Waals surface area contributed by atoms with Crippen LogP contribution < -0.4 is 5.73 Å². The number of carboxylic acid groups (broad SMARTS) is 1. The predicted molar refractivity (Wildman–Crippen MR) is 55.3 cm³/mol. The first kappa shape index (κ1) is 11.5. The van der Waals surface area contributed by atoms with Crippen LogP contribution in [0.25, 0.3) is 0 Å². The molecule has 78 valence electrons. The van der Waals surface area contributed by atoms with E-state index >= 15 is 0 Å². The summed E-state index contributed by atoms with van der Waals surface area (Å²) in [5.74, 6) is -0.976. The van der Waals surface area contributed by atoms with Gasteiger partial charge in [-0.15, -0.1) is 0 Å². The molecule has 5 heteroatoms. The van der Waals surface area contributed by atoms with Gasteiger partial charge in [0.25, 0.3) is 0 Å². The second kappa shape index (κ2) is 4.78. The maximum absolute atomic E-state index is 10.4. The molecule has 15 heavy (non-hydrogen) atoms. The first-order valence-corrected chi connectivity index (χ1v) is 4.59. The molecule has 0 fully saturated rings. The molecular formula is C10H9ClN2O2. The van der Waals surface area contributed by atoms with Crippen molar-refractivity contribution in [2.75, 3.05) is 0 Å². The average Bonchev–Trinajstić information content (AvgIpc) is 2.17. The van der Waals surface area contributed by atoms with Crippen LogP contribution in [0.15, 0.2) is 18.2 Å². The van der Waals surface area contributed by atoms with Crippen LogP contribution in [0.5, 0.6) is 0 Å². The molecule has 1 aromatic rings. The lowest BCUT2D eigenvalue weighted by atomic mass is 10.0. The number of nitriles is 1. The van der Waals surface area contributed by atoms with Crippen LogP contribution >= 0.6 is 11.6 Å². The molecule has 0 spiro atoms. The number of nitrogens with zero attached hydrogens (tertiary/aromatic N) is 1. The summed E-state index contributed by atoms with van der Waals surface area (Å²) in [6.07, 6.45) is -0.174. The molecule has 0 aromatic heterocycles. The molecule has 0 saturated carbocycles. The van der Waals surface area contributed by atoms with E-state index in [4.69, 9.17) is 27.7 Å². The van der Waals surface area contributed by atoms with Crippen molar-refractivity contribution in [2.24, 2.45) is 5.73 Å². The summed E-state index contributed by atoms with van der Waals surface area (Å²) in [7, 11) is 0. The topological polar surface area (TPSA) is 87.1 Å². The van der Waals surface area contributed by atoms with Gasteiger partial charge in [0.05, 0.1) is 17.0 Å². The van der Waals surface area contributed by atoms with Gasteiger partial charge in [0, 0.05) is 6.04 Å². The van der Waals surface area contributed by atoms with Crippen molar-refractivity contribution in [1.29, 1.82) is 5.26 Å². The smallest absolute Gasteiger partial charge is 0.305 e. The van der Waals surface area contributed by atoms with E-state index in [-0.39, 0.29) is 6.42 Å². The van der Waals surface area contributed by atoms with E-state index in [1.807, 2.05) is 6.07 Å². The molecule has 0 aliphatic rings. The Balaban J connectivity index is 2.96. The van der Waals surface area contributed by atoms with Crippen molar-refractivity contribution >= 4 is 17.6 Å². The minimum atomic E-state index is -0.976. The Morgan fingerprint density at radius 3 is 2.87 bits per heavy atom. The second-order valence-electron chi connectivity index (χ2n) is 3.06. The summed E-state index contributed by atoms with van der Waals surface area (Å²) in [6.45, 7) is 0. The third-order valence-corrected chi connectivity index (χ3v) is 2.26. The lowest BCUT2D eigenvalue weighted by Crippen LogP contribution is -2.15. The fraction of sp³-hybridized carbons (Fsp3) is 0.200. The standard InChI is InChI=1S/C10H9ClN2O2/c11-8-2-1-6(3-7(8)5-12)9(13)4-10(14)15/h1-3,9H,4,13H2,(H,14,15)/t9-/m1/s1. The third-order valence-electron chi connectivity index (χ3n) is 1.93. The van der Waals surface area contributed by atoms with E-state index in [2.05, 4.69) is 0 Å². The van der Waals surface area contributed by atoms with Crippen molar-refractivity contribution in [3.8, 4) is 6.07 Å². The molecule has 0 saturated heterocycles. The second-order valence-corrected chi connectivity index (χ2v) is 3.46. The van der Waals surface area contributed by atoms with Crippen LogP contribution in [0.3, 0.4) is 0 Å². The Labute approximate surface area is 91.9 Å². The largest absolute Gasteiger partial charge is 0.481 e. The number of hydrogen-bond donors (Lipinski definition) is 2. The summed E-state index contributed by atoms with van der Waals surface area (Å²) in [6, 6.07) is 5.96. The zero-order valence-electron chi connectivity index (χ0n) is 7.77. The number of halogens is 1. The highest BCUT2D eigenvalue weighted by molar-refractivity contribution is 6.31. The molecular weight excluding hydrogens is 216 g/mol. The third kappa shape index (κ3) is 2.94. The normalized spacial score (nSPS) is 11.8. The van der Waals surface area contributed by atoms with Crippen LogP contribution in [-0.4, -0.2) is 11.1 Å². The molecule has 0 bridgehead atoms. The van der Waals surface area contributed by atoms with E-state index in [1.54, 1.807) is 6.07 Å². The van der Waals surface area contributed by atoms with E-state index in [9.17, 15) is 4.79 Å². The Kier molecular flexibility index (Phi) is 3.67. The fourth-order valence-corrected chi connectivity index (χ4v) is 1.32. The first-order chi connectivity index (χ1) is 7.04. The quantitative estimate of drug-likeness (QED) is 0.818. The Morgan fingerprint density at radius 1 is 1.67 bits per heavy atom. The fourth-order valence-electron chi connectivity index (χ4n) is 1.17. The molecule has 1 atom stereocenters.